The van der Waals surface area contributed by atoms with Gasteiger partial charge in [-0.25, -0.2) is 14.6 Å². The van der Waals surface area contributed by atoms with Gasteiger partial charge in [-0.1, -0.05) is 0 Å². The average molecular weight is 432 g/mol. The molecule has 170 valence electrons. The van der Waals surface area contributed by atoms with Crippen LogP contribution in [-0.4, -0.2) is 98.6 Å². The highest BCUT2D eigenvalue weighted by Gasteiger charge is 2.15. The number of rotatable bonds is 9. The van der Waals surface area contributed by atoms with E-state index in [1.807, 2.05) is 21.1 Å². The minimum Gasteiger partial charge on any atom is -0.550 e. The molecule has 1 rings (SSSR count). The minimum atomic E-state index is -1.26. The molecule has 0 saturated carbocycles. The van der Waals surface area contributed by atoms with E-state index in [1.54, 1.807) is 6.20 Å². The predicted molar refractivity (Wildman–Crippen MR) is 101 cm³/mol. The minimum absolute atomic E-state index is 0.282. The van der Waals surface area contributed by atoms with Gasteiger partial charge in [0.05, 0.1) is 27.5 Å². The lowest BCUT2D eigenvalue weighted by Gasteiger charge is -2.26. The molecule has 13 nitrogen and oxygen atoms in total. The molecule has 1 aromatic heterocycles. The highest BCUT2D eigenvalue weighted by Crippen LogP contribution is 1.98. The summed E-state index contributed by atoms with van der Waals surface area (Å²) in [4.78, 5) is 45.9. The molecular weight excluding hydrogens is 404 g/mol. The van der Waals surface area contributed by atoms with E-state index in [-0.39, 0.29) is 12.8 Å². The highest BCUT2D eigenvalue weighted by molar-refractivity contribution is 5.89. The number of hydrogen-bond donors (Lipinski definition) is 6. The van der Waals surface area contributed by atoms with Crippen molar-refractivity contribution in [3.63, 3.8) is 0 Å². The molecule has 0 amide bonds. The Morgan fingerprint density at radius 1 is 1.17 bits per heavy atom. The van der Waals surface area contributed by atoms with Crippen molar-refractivity contribution in [1.82, 2.24) is 9.97 Å². The van der Waals surface area contributed by atoms with E-state index >= 15 is 0 Å². The summed E-state index contributed by atoms with van der Waals surface area (Å²) in [7, 11) is 5.66. The molecule has 0 aliphatic rings. The zero-order chi connectivity index (χ0) is 23.9. The average Bonchev–Trinajstić information content (AvgIpc) is 3.04. The van der Waals surface area contributed by atoms with Gasteiger partial charge < -0.3 is 45.5 Å². The van der Waals surface area contributed by atoms with E-state index < -0.39 is 36.0 Å². The molecule has 0 fully saturated rings. The van der Waals surface area contributed by atoms with Gasteiger partial charge in [0.15, 0.2) is 0 Å². The zero-order valence-electron chi connectivity index (χ0n) is 16.9. The number of nitrogens with one attached hydrogen (secondary N) is 1. The number of nitrogens with two attached hydrogens (primary N) is 1. The number of hydrogen-bond acceptors (Lipinski definition) is 8. The summed E-state index contributed by atoms with van der Waals surface area (Å²) >= 11 is 0. The van der Waals surface area contributed by atoms with Gasteiger partial charge in [0.25, 0.3) is 0 Å². The number of aliphatic hydroxyl groups excluding tert-OH is 1. The van der Waals surface area contributed by atoms with E-state index in [1.165, 1.54) is 6.33 Å². The summed E-state index contributed by atoms with van der Waals surface area (Å²) in [6.07, 6.45) is 3.36. The van der Waals surface area contributed by atoms with Gasteiger partial charge in [-0.05, 0) is 0 Å². The van der Waals surface area contributed by atoms with E-state index in [4.69, 9.17) is 26.2 Å². The Labute approximate surface area is 172 Å². The number of aromatic amines is 1. The molecule has 0 aromatic carbocycles. The van der Waals surface area contributed by atoms with Crippen LogP contribution >= 0.6 is 0 Å². The van der Waals surface area contributed by atoms with Crippen LogP contribution in [0, 0.1) is 0 Å². The summed E-state index contributed by atoms with van der Waals surface area (Å²) in [5.41, 5.74) is 6.00. The molecule has 13 heteroatoms. The Balaban J connectivity index is 0. The van der Waals surface area contributed by atoms with Crippen molar-refractivity contribution in [3.05, 3.63) is 30.4 Å². The van der Waals surface area contributed by atoms with Crippen LogP contribution in [-0.2, 0) is 25.6 Å². The van der Waals surface area contributed by atoms with E-state index in [2.05, 4.69) is 9.97 Å². The third kappa shape index (κ3) is 21.0. The monoisotopic (exact) mass is 432 g/mol. The lowest BCUT2D eigenvalue weighted by atomic mass is 10.2. The zero-order valence-corrected chi connectivity index (χ0v) is 16.9. The van der Waals surface area contributed by atoms with Crippen LogP contribution in [0.25, 0.3) is 0 Å². The topological polar surface area (TPSA) is 227 Å². The molecule has 2 atom stereocenters. The number of H-pyrrole nitrogens is 1. The Morgan fingerprint density at radius 3 is 1.97 bits per heavy atom. The number of carboxylic acid groups (broad SMARTS) is 4. The number of carboxylic acids is 4. The summed E-state index contributed by atoms with van der Waals surface area (Å²) in [5, 5.41) is 43.2. The molecule has 0 aliphatic carbocycles. The lowest BCUT2D eigenvalue weighted by molar-refractivity contribution is -0.873. The molecule has 30 heavy (non-hydrogen) atoms. The van der Waals surface area contributed by atoms with Crippen LogP contribution < -0.4 is 10.8 Å². The number of carbonyl (C=O) groups is 4. The Kier molecular flexibility index (Phi) is 14.1. The Hall–Kier alpha value is -3.29. The number of nitrogens with zero attached hydrogens (tertiary/aromatic N) is 2. The van der Waals surface area contributed by atoms with Crippen molar-refractivity contribution >= 4 is 23.9 Å². The fraction of sp³-hybridized carbons (Fsp3) is 0.471. The highest BCUT2D eigenvalue weighted by atomic mass is 16.4. The number of likely N-dealkylation sites (N-methyl/N-ethyl adjacent to an activating group) is 1. The molecule has 1 aromatic rings. The maximum atomic E-state index is 10.3. The Morgan fingerprint density at radius 2 is 1.67 bits per heavy atom. The Bertz CT molecular complexity index is 681. The SMILES string of the molecule is C[N+](C)(C)C[C@H](O)CC(=O)[O-].N[C@@H](Cc1cnc[nH]1)C(=O)O.O=C(O)/C=C/C(=O)O. The lowest BCUT2D eigenvalue weighted by Crippen LogP contribution is -2.43. The van der Waals surface area contributed by atoms with E-state index in [9.17, 15) is 24.3 Å². The summed E-state index contributed by atoms with van der Waals surface area (Å²) in [6.45, 7) is 0.425. The maximum Gasteiger partial charge on any atom is 0.328 e. The van der Waals surface area contributed by atoms with Crippen LogP contribution in [0.5, 0.6) is 0 Å². The van der Waals surface area contributed by atoms with E-state index in [0.29, 0.717) is 23.2 Å². The molecule has 0 unspecified atom stereocenters. The van der Waals surface area contributed by atoms with Crippen molar-refractivity contribution in [2.45, 2.75) is 25.0 Å². The molecule has 0 aliphatic heterocycles. The summed E-state index contributed by atoms with van der Waals surface area (Å²) < 4.78 is 0.550. The van der Waals surface area contributed by atoms with Crippen molar-refractivity contribution < 1.29 is 49.2 Å². The summed E-state index contributed by atoms with van der Waals surface area (Å²) in [6, 6.07) is -0.851. The van der Waals surface area contributed by atoms with Crippen molar-refractivity contribution in [1.29, 1.82) is 0 Å². The van der Waals surface area contributed by atoms with Crippen molar-refractivity contribution in [2.24, 2.45) is 5.73 Å². The number of aliphatic carboxylic acids is 4. The largest absolute Gasteiger partial charge is 0.550 e. The number of aromatic nitrogens is 2. The smallest absolute Gasteiger partial charge is 0.328 e. The molecular formula is C17H28N4O9. The van der Waals surface area contributed by atoms with Gasteiger partial charge in [0.1, 0.15) is 18.7 Å². The third-order valence-corrected chi connectivity index (χ3v) is 2.84. The van der Waals surface area contributed by atoms with Crippen molar-refractivity contribution in [2.75, 3.05) is 27.7 Å². The fourth-order valence-corrected chi connectivity index (χ4v) is 1.75. The second-order valence-electron chi connectivity index (χ2n) is 6.94. The molecule has 0 bridgehead atoms. The quantitative estimate of drug-likeness (QED) is 0.173. The van der Waals surface area contributed by atoms with Crippen LogP contribution in [0.15, 0.2) is 24.7 Å². The number of quaternary nitrogens is 1. The first-order chi connectivity index (χ1) is 13.6. The molecule has 0 radical (unpaired) electrons. The van der Waals surface area contributed by atoms with Gasteiger partial charge in [0, 0.05) is 42.9 Å². The first-order valence-corrected chi connectivity index (χ1v) is 8.42. The van der Waals surface area contributed by atoms with Crippen LogP contribution in [0.3, 0.4) is 0 Å². The third-order valence-electron chi connectivity index (χ3n) is 2.84. The van der Waals surface area contributed by atoms with E-state index in [0.717, 1.165) is 5.69 Å². The predicted octanol–water partition coefficient (Wildman–Crippen LogP) is -2.73. The summed E-state index contributed by atoms with van der Waals surface area (Å²) in [5.74, 6) is -4.72. The molecule has 7 N–H and O–H groups in total. The van der Waals surface area contributed by atoms with Crippen LogP contribution in [0.1, 0.15) is 12.1 Å². The van der Waals surface area contributed by atoms with Gasteiger partial charge >= 0.3 is 17.9 Å². The van der Waals surface area contributed by atoms with Gasteiger partial charge in [-0.2, -0.15) is 0 Å². The van der Waals surface area contributed by atoms with Crippen LogP contribution in [0.2, 0.25) is 0 Å². The first kappa shape index (κ1) is 28.9. The van der Waals surface area contributed by atoms with Gasteiger partial charge in [-0.3, -0.25) is 4.79 Å². The molecule has 1 heterocycles. The number of aliphatic hydroxyl groups is 1. The van der Waals surface area contributed by atoms with Gasteiger partial charge in [0.2, 0.25) is 0 Å². The molecule has 0 spiro atoms. The van der Waals surface area contributed by atoms with Crippen LogP contribution in [0.4, 0.5) is 0 Å². The second-order valence-corrected chi connectivity index (χ2v) is 6.94. The standard InChI is InChI=1S/C7H15NO3.C6H9N3O2.C4H4O4/c1-8(2,3)5-6(9)4-7(10)11;7-5(6(10)11)1-4-2-8-3-9-4;5-3(6)1-2-4(7)8/h6,9H,4-5H2,1-3H3;2-3,5H,1,7H2,(H,8,9)(H,10,11);1-2H,(H,5,6)(H,7,8)/b;;2-1+/t6-;5-;/m10./s1. The fourth-order valence-electron chi connectivity index (χ4n) is 1.75. The maximum absolute atomic E-state index is 10.3. The van der Waals surface area contributed by atoms with Gasteiger partial charge in [-0.15, -0.1) is 0 Å². The molecule has 0 saturated heterocycles. The number of imidazole rings is 1. The normalized spacial score (nSPS) is 12.6. The number of carbonyl (C=O) groups excluding carboxylic acids is 1. The first-order valence-electron chi connectivity index (χ1n) is 8.42. The van der Waals surface area contributed by atoms with Crippen molar-refractivity contribution in [3.8, 4) is 0 Å². The second kappa shape index (κ2) is 14.7.